The summed E-state index contributed by atoms with van der Waals surface area (Å²) < 4.78 is 1.49. The van der Waals surface area contributed by atoms with Gasteiger partial charge in [0.05, 0.1) is 11.8 Å². The van der Waals surface area contributed by atoms with Crippen LogP contribution in [0.2, 0.25) is 0 Å². The number of nitrogens with zero attached hydrogens (tertiary/aromatic N) is 7. The standard InChI is InChI=1S/C17H19N7O/c1-22(16-5-3-8-18-21-16)13-6-10-23(11-7-13)17(25)14-12-20-24-15(14)4-2-9-19-24/h2-5,8-9,12-13H,6-7,10-11H2,1H3. The number of fused-ring (bicyclic) bond motifs is 1. The van der Waals surface area contributed by atoms with Crippen molar-refractivity contribution in [2.24, 2.45) is 0 Å². The smallest absolute Gasteiger partial charge is 0.257 e. The first-order chi connectivity index (χ1) is 12.2. The van der Waals surface area contributed by atoms with E-state index >= 15 is 0 Å². The van der Waals surface area contributed by atoms with Gasteiger partial charge in [0.1, 0.15) is 5.52 Å². The summed E-state index contributed by atoms with van der Waals surface area (Å²) in [4.78, 5) is 16.9. The van der Waals surface area contributed by atoms with Gasteiger partial charge >= 0.3 is 0 Å². The van der Waals surface area contributed by atoms with Crippen LogP contribution in [0.15, 0.2) is 42.9 Å². The Morgan fingerprint density at radius 2 is 1.96 bits per heavy atom. The second kappa shape index (κ2) is 6.46. The van der Waals surface area contributed by atoms with Gasteiger partial charge in [-0.3, -0.25) is 4.79 Å². The van der Waals surface area contributed by atoms with E-state index in [2.05, 4.69) is 25.3 Å². The maximum atomic E-state index is 12.8. The molecule has 0 aliphatic carbocycles. The van der Waals surface area contributed by atoms with Crippen molar-refractivity contribution in [1.82, 2.24) is 29.9 Å². The third-order valence-electron chi connectivity index (χ3n) is 4.75. The highest BCUT2D eigenvalue weighted by Crippen LogP contribution is 2.22. The number of amides is 1. The van der Waals surface area contributed by atoms with Crippen LogP contribution in [-0.4, -0.2) is 62.0 Å². The lowest BCUT2D eigenvalue weighted by molar-refractivity contribution is 0.0715. The molecule has 0 aromatic carbocycles. The largest absolute Gasteiger partial charge is 0.355 e. The average molecular weight is 337 g/mol. The molecule has 8 heteroatoms. The molecule has 128 valence electrons. The minimum Gasteiger partial charge on any atom is -0.355 e. The Bertz CT molecular complexity index is 871. The van der Waals surface area contributed by atoms with Crippen LogP contribution in [0, 0.1) is 0 Å². The third-order valence-corrected chi connectivity index (χ3v) is 4.75. The number of rotatable bonds is 3. The normalized spacial score (nSPS) is 15.5. The van der Waals surface area contributed by atoms with Crippen molar-refractivity contribution in [2.75, 3.05) is 25.0 Å². The highest BCUT2D eigenvalue weighted by Gasteiger charge is 2.28. The number of likely N-dealkylation sites (tertiary alicyclic amines) is 1. The van der Waals surface area contributed by atoms with Crippen LogP contribution in [0.5, 0.6) is 0 Å². The van der Waals surface area contributed by atoms with E-state index in [-0.39, 0.29) is 5.91 Å². The number of hydrogen-bond acceptors (Lipinski definition) is 6. The van der Waals surface area contributed by atoms with E-state index in [0.29, 0.717) is 24.7 Å². The van der Waals surface area contributed by atoms with Gasteiger partial charge in [-0.05, 0) is 37.1 Å². The first-order valence-electron chi connectivity index (χ1n) is 8.33. The van der Waals surface area contributed by atoms with Gasteiger partial charge in [-0.15, -0.1) is 5.10 Å². The maximum Gasteiger partial charge on any atom is 0.257 e. The van der Waals surface area contributed by atoms with Gasteiger partial charge in [0.25, 0.3) is 5.91 Å². The Hall–Kier alpha value is -3.03. The minimum absolute atomic E-state index is 0.0172. The number of carbonyl (C=O) groups excluding carboxylic acids is 1. The predicted octanol–water partition coefficient (Wildman–Crippen LogP) is 1.26. The van der Waals surface area contributed by atoms with Gasteiger partial charge in [0.2, 0.25) is 0 Å². The minimum atomic E-state index is 0.0172. The van der Waals surface area contributed by atoms with Crippen molar-refractivity contribution in [3.8, 4) is 0 Å². The summed E-state index contributed by atoms with van der Waals surface area (Å²) in [6, 6.07) is 7.87. The highest BCUT2D eigenvalue weighted by atomic mass is 16.2. The van der Waals surface area contributed by atoms with Gasteiger partial charge in [0, 0.05) is 38.6 Å². The average Bonchev–Trinajstić information content (AvgIpc) is 3.12. The predicted molar refractivity (Wildman–Crippen MR) is 92.3 cm³/mol. The maximum absolute atomic E-state index is 12.8. The summed E-state index contributed by atoms with van der Waals surface area (Å²) in [5, 5.41) is 16.4. The molecule has 0 N–H and O–H groups in total. The van der Waals surface area contributed by atoms with Crippen molar-refractivity contribution >= 4 is 17.2 Å². The molecule has 8 nitrogen and oxygen atoms in total. The molecule has 3 aromatic rings. The lowest BCUT2D eigenvalue weighted by Crippen LogP contribution is -2.45. The van der Waals surface area contributed by atoms with Crippen LogP contribution in [0.4, 0.5) is 5.82 Å². The number of anilines is 1. The van der Waals surface area contributed by atoms with Crippen LogP contribution in [0.3, 0.4) is 0 Å². The quantitative estimate of drug-likeness (QED) is 0.716. The van der Waals surface area contributed by atoms with Crippen molar-refractivity contribution < 1.29 is 4.79 Å². The van der Waals surface area contributed by atoms with Crippen LogP contribution in [0.25, 0.3) is 5.52 Å². The zero-order valence-corrected chi connectivity index (χ0v) is 14.0. The number of aromatic nitrogens is 5. The molecule has 1 aliphatic heterocycles. The Morgan fingerprint density at radius 1 is 1.16 bits per heavy atom. The number of piperidine rings is 1. The van der Waals surface area contributed by atoms with E-state index in [4.69, 9.17) is 0 Å². The molecule has 1 fully saturated rings. The zero-order valence-electron chi connectivity index (χ0n) is 14.0. The van der Waals surface area contributed by atoms with Crippen LogP contribution in [-0.2, 0) is 0 Å². The second-order valence-electron chi connectivity index (χ2n) is 6.17. The van der Waals surface area contributed by atoms with E-state index in [9.17, 15) is 4.79 Å². The van der Waals surface area contributed by atoms with Crippen LogP contribution >= 0.6 is 0 Å². The van der Waals surface area contributed by atoms with E-state index in [0.717, 1.165) is 24.2 Å². The summed E-state index contributed by atoms with van der Waals surface area (Å²) in [7, 11) is 2.03. The Balaban J connectivity index is 1.44. The molecular formula is C17H19N7O. The lowest BCUT2D eigenvalue weighted by atomic mass is 10.0. The number of hydrogen-bond donors (Lipinski definition) is 0. The summed E-state index contributed by atoms with van der Waals surface area (Å²) in [6.07, 6.45) is 6.72. The molecule has 4 rings (SSSR count). The second-order valence-corrected chi connectivity index (χ2v) is 6.17. The van der Waals surface area contributed by atoms with Crippen molar-refractivity contribution in [2.45, 2.75) is 18.9 Å². The molecule has 3 aromatic heterocycles. The summed E-state index contributed by atoms with van der Waals surface area (Å²) in [5.74, 6) is 0.879. The topological polar surface area (TPSA) is 79.5 Å². The molecular weight excluding hydrogens is 318 g/mol. The Kier molecular flexibility index (Phi) is 4.01. The van der Waals surface area contributed by atoms with Gasteiger partial charge in [-0.1, -0.05) is 0 Å². The molecule has 1 amide bonds. The molecule has 0 bridgehead atoms. The SMILES string of the molecule is CN(c1cccnn1)C1CCN(C(=O)c2cnn3ncccc23)CC1. The molecule has 1 saturated heterocycles. The summed E-state index contributed by atoms with van der Waals surface area (Å²) in [6.45, 7) is 1.43. The fourth-order valence-corrected chi connectivity index (χ4v) is 3.29. The highest BCUT2D eigenvalue weighted by molar-refractivity contribution is 6.00. The monoisotopic (exact) mass is 337 g/mol. The first-order valence-corrected chi connectivity index (χ1v) is 8.33. The molecule has 0 unspecified atom stereocenters. The molecule has 4 heterocycles. The van der Waals surface area contributed by atoms with Crippen LogP contribution in [0.1, 0.15) is 23.2 Å². The van der Waals surface area contributed by atoms with Gasteiger partial charge < -0.3 is 9.80 Å². The Morgan fingerprint density at radius 3 is 2.72 bits per heavy atom. The summed E-state index contributed by atoms with van der Waals surface area (Å²) >= 11 is 0. The van der Waals surface area contributed by atoms with E-state index < -0.39 is 0 Å². The van der Waals surface area contributed by atoms with E-state index in [1.807, 2.05) is 36.2 Å². The Labute approximate surface area is 145 Å². The van der Waals surface area contributed by atoms with E-state index in [1.165, 1.54) is 4.63 Å². The zero-order chi connectivity index (χ0) is 17.2. The molecule has 0 saturated carbocycles. The number of carbonyl (C=O) groups is 1. The van der Waals surface area contributed by atoms with Gasteiger partial charge in [-0.25, -0.2) is 0 Å². The fourth-order valence-electron chi connectivity index (χ4n) is 3.29. The third kappa shape index (κ3) is 2.90. The first kappa shape index (κ1) is 15.5. The fraction of sp³-hybridized carbons (Fsp3) is 0.353. The van der Waals surface area contributed by atoms with Crippen molar-refractivity contribution in [3.63, 3.8) is 0 Å². The molecule has 1 aliphatic rings. The van der Waals surface area contributed by atoms with Crippen molar-refractivity contribution in [1.29, 1.82) is 0 Å². The molecule has 0 radical (unpaired) electrons. The molecule has 25 heavy (non-hydrogen) atoms. The summed E-state index contributed by atoms with van der Waals surface area (Å²) in [5.41, 5.74) is 1.35. The molecule has 0 atom stereocenters. The van der Waals surface area contributed by atoms with Gasteiger partial charge in [0.15, 0.2) is 5.82 Å². The van der Waals surface area contributed by atoms with Crippen LogP contribution < -0.4 is 4.90 Å². The van der Waals surface area contributed by atoms with E-state index in [1.54, 1.807) is 18.6 Å². The lowest BCUT2D eigenvalue weighted by Gasteiger charge is -2.37. The molecule has 0 spiro atoms. The van der Waals surface area contributed by atoms with Crippen molar-refractivity contribution in [3.05, 3.63) is 48.4 Å². The van der Waals surface area contributed by atoms with Gasteiger partial charge in [-0.2, -0.15) is 19.9 Å².